The van der Waals surface area contributed by atoms with E-state index in [9.17, 15) is 0 Å². The predicted octanol–water partition coefficient (Wildman–Crippen LogP) is 2.96. The van der Waals surface area contributed by atoms with Crippen LogP contribution in [-0.4, -0.2) is 24.8 Å². The van der Waals surface area contributed by atoms with Crippen molar-refractivity contribution in [3.63, 3.8) is 0 Å². The van der Waals surface area contributed by atoms with Crippen LogP contribution < -0.4 is 5.32 Å². The summed E-state index contributed by atoms with van der Waals surface area (Å²) in [7, 11) is 0. The van der Waals surface area contributed by atoms with Gasteiger partial charge in [-0.25, -0.2) is 0 Å². The van der Waals surface area contributed by atoms with Crippen molar-refractivity contribution >= 4 is 0 Å². The molecule has 0 aliphatic carbocycles. The molecule has 2 heteroatoms. The molecule has 1 aromatic rings. The fraction of sp³-hybridized carbons (Fsp3) is 0.625. The van der Waals surface area contributed by atoms with Gasteiger partial charge in [0, 0.05) is 18.6 Å². The zero-order valence-corrected chi connectivity index (χ0v) is 11.9. The minimum absolute atomic E-state index is 0.152. The monoisotopic (exact) mass is 249 g/mol. The van der Waals surface area contributed by atoms with Gasteiger partial charge < -0.3 is 10.4 Å². The lowest BCUT2D eigenvalue weighted by Crippen LogP contribution is -2.35. The molecule has 2 N–H and O–H groups in total. The van der Waals surface area contributed by atoms with Crippen LogP contribution in [0.15, 0.2) is 30.3 Å². The zero-order chi connectivity index (χ0) is 13.4. The lowest BCUT2D eigenvalue weighted by molar-refractivity contribution is 0.249. The Morgan fingerprint density at radius 3 is 2.44 bits per heavy atom. The number of hydrogen-bond acceptors (Lipinski definition) is 2. The summed E-state index contributed by atoms with van der Waals surface area (Å²) in [4.78, 5) is 0. The first-order valence-electron chi connectivity index (χ1n) is 6.97. The lowest BCUT2D eigenvalue weighted by atomic mass is 9.84. The standard InChI is InChI=1S/C16H27NO/c1-4-14(10-11-18)12-17-13-16(2,3)15-8-6-5-7-9-15/h5-9,14,17-18H,4,10-13H2,1-3H3. The molecule has 0 saturated carbocycles. The van der Waals surface area contributed by atoms with Gasteiger partial charge in [-0.2, -0.15) is 0 Å². The van der Waals surface area contributed by atoms with Crippen molar-refractivity contribution in [2.45, 2.75) is 39.0 Å². The minimum Gasteiger partial charge on any atom is -0.396 e. The first-order valence-corrected chi connectivity index (χ1v) is 6.97. The molecule has 18 heavy (non-hydrogen) atoms. The summed E-state index contributed by atoms with van der Waals surface area (Å²) in [6.45, 7) is 8.98. The fourth-order valence-corrected chi connectivity index (χ4v) is 2.21. The molecule has 0 bridgehead atoms. The molecule has 0 saturated heterocycles. The van der Waals surface area contributed by atoms with Crippen LogP contribution in [-0.2, 0) is 5.41 Å². The Morgan fingerprint density at radius 2 is 1.89 bits per heavy atom. The molecule has 0 radical (unpaired) electrons. The maximum atomic E-state index is 8.98. The highest BCUT2D eigenvalue weighted by atomic mass is 16.3. The number of benzene rings is 1. The van der Waals surface area contributed by atoms with Gasteiger partial charge in [0.2, 0.25) is 0 Å². The van der Waals surface area contributed by atoms with E-state index in [-0.39, 0.29) is 5.41 Å². The van der Waals surface area contributed by atoms with E-state index >= 15 is 0 Å². The number of aliphatic hydroxyl groups is 1. The van der Waals surface area contributed by atoms with Gasteiger partial charge in [0.25, 0.3) is 0 Å². The molecular formula is C16H27NO. The summed E-state index contributed by atoms with van der Waals surface area (Å²) in [6.07, 6.45) is 2.02. The van der Waals surface area contributed by atoms with Crippen molar-refractivity contribution in [2.75, 3.05) is 19.7 Å². The van der Waals surface area contributed by atoms with Crippen molar-refractivity contribution < 1.29 is 5.11 Å². The smallest absolute Gasteiger partial charge is 0.0434 e. The molecule has 0 amide bonds. The molecule has 0 aliphatic heterocycles. The number of hydrogen-bond donors (Lipinski definition) is 2. The zero-order valence-electron chi connectivity index (χ0n) is 11.9. The Labute approximate surface area is 111 Å². The summed E-state index contributed by atoms with van der Waals surface area (Å²) in [5, 5.41) is 12.5. The molecule has 0 aromatic heterocycles. The number of nitrogens with one attached hydrogen (secondary N) is 1. The number of rotatable bonds is 8. The third-order valence-electron chi connectivity index (χ3n) is 3.67. The van der Waals surface area contributed by atoms with Gasteiger partial charge in [0.15, 0.2) is 0 Å². The van der Waals surface area contributed by atoms with Crippen LogP contribution in [0.4, 0.5) is 0 Å². The summed E-state index contributed by atoms with van der Waals surface area (Å²) in [6, 6.07) is 10.6. The van der Waals surface area contributed by atoms with E-state index in [1.54, 1.807) is 0 Å². The van der Waals surface area contributed by atoms with E-state index in [2.05, 4.69) is 56.4 Å². The van der Waals surface area contributed by atoms with Crippen LogP contribution >= 0.6 is 0 Å². The van der Waals surface area contributed by atoms with Gasteiger partial charge >= 0.3 is 0 Å². The van der Waals surface area contributed by atoms with Crippen molar-refractivity contribution in [1.82, 2.24) is 5.32 Å². The lowest BCUT2D eigenvalue weighted by Gasteiger charge is -2.27. The van der Waals surface area contributed by atoms with Crippen LogP contribution in [0.1, 0.15) is 39.2 Å². The highest BCUT2D eigenvalue weighted by Gasteiger charge is 2.20. The SMILES string of the molecule is CCC(CCO)CNCC(C)(C)c1ccccc1. The van der Waals surface area contributed by atoms with Crippen LogP contribution in [0.3, 0.4) is 0 Å². The van der Waals surface area contributed by atoms with Crippen molar-refractivity contribution in [1.29, 1.82) is 0 Å². The molecule has 1 unspecified atom stereocenters. The molecule has 1 aromatic carbocycles. The van der Waals surface area contributed by atoms with Gasteiger partial charge in [-0.3, -0.25) is 0 Å². The summed E-state index contributed by atoms with van der Waals surface area (Å²) >= 11 is 0. The van der Waals surface area contributed by atoms with Crippen LogP contribution in [0, 0.1) is 5.92 Å². The molecule has 2 nitrogen and oxygen atoms in total. The first-order chi connectivity index (χ1) is 8.60. The van der Waals surface area contributed by atoms with E-state index < -0.39 is 0 Å². The second kappa shape index (κ2) is 7.55. The highest BCUT2D eigenvalue weighted by molar-refractivity contribution is 5.23. The van der Waals surface area contributed by atoms with E-state index in [4.69, 9.17) is 5.11 Å². The summed E-state index contributed by atoms with van der Waals surface area (Å²) < 4.78 is 0. The van der Waals surface area contributed by atoms with Crippen LogP contribution in [0.25, 0.3) is 0 Å². The summed E-state index contributed by atoms with van der Waals surface area (Å²) in [5.41, 5.74) is 1.52. The average Bonchev–Trinajstić information content (AvgIpc) is 2.38. The quantitative estimate of drug-likeness (QED) is 0.742. The first kappa shape index (κ1) is 15.2. The molecular weight excluding hydrogens is 222 g/mol. The Hall–Kier alpha value is -0.860. The molecule has 0 heterocycles. The second-order valence-corrected chi connectivity index (χ2v) is 5.67. The highest BCUT2D eigenvalue weighted by Crippen LogP contribution is 2.21. The van der Waals surface area contributed by atoms with Gasteiger partial charge in [-0.15, -0.1) is 0 Å². The molecule has 102 valence electrons. The molecule has 1 atom stereocenters. The van der Waals surface area contributed by atoms with Gasteiger partial charge in [0.1, 0.15) is 0 Å². The number of aliphatic hydroxyl groups excluding tert-OH is 1. The topological polar surface area (TPSA) is 32.3 Å². The molecule has 0 spiro atoms. The average molecular weight is 249 g/mol. The Morgan fingerprint density at radius 1 is 1.22 bits per heavy atom. The third kappa shape index (κ3) is 4.79. The van der Waals surface area contributed by atoms with E-state index in [1.807, 2.05) is 0 Å². The maximum Gasteiger partial charge on any atom is 0.0434 e. The Balaban J connectivity index is 2.42. The molecule has 1 rings (SSSR count). The Bertz CT molecular complexity index is 321. The molecule has 0 aliphatic rings. The fourth-order valence-electron chi connectivity index (χ4n) is 2.21. The van der Waals surface area contributed by atoms with E-state index in [1.165, 1.54) is 5.56 Å². The normalized spacial score (nSPS) is 13.6. The van der Waals surface area contributed by atoms with Crippen LogP contribution in [0.5, 0.6) is 0 Å². The van der Waals surface area contributed by atoms with Crippen molar-refractivity contribution in [2.24, 2.45) is 5.92 Å². The maximum absolute atomic E-state index is 8.98. The third-order valence-corrected chi connectivity index (χ3v) is 3.67. The van der Waals surface area contributed by atoms with E-state index in [0.717, 1.165) is 25.9 Å². The van der Waals surface area contributed by atoms with Crippen molar-refractivity contribution in [3.8, 4) is 0 Å². The van der Waals surface area contributed by atoms with Crippen LogP contribution in [0.2, 0.25) is 0 Å². The van der Waals surface area contributed by atoms with Gasteiger partial charge in [0.05, 0.1) is 0 Å². The van der Waals surface area contributed by atoms with Gasteiger partial charge in [-0.05, 0) is 24.4 Å². The largest absolute Gasteiger partial charge is 0.396 e. The second-order valence-electron chi connectivity index (χ2n) is 5.67. The van der Waals surface area contributed by atoms with E-state index in [0.29, 0.717) is 12.5 Å². The van der Waals surface area contributed by atoms with Gasteiger partial charge in [-0.1, -0.05) is 57.5 Å². The Kier molecular flexibility index (Phi) is 6.37. The van der Waals surface area contributed by atoms with Crippen molar-refractivity contribution in [3.05, 3.63) is 35.9 Å². The minimum atomic E-state index is 0.152. The molecule has 0 fully saturated rings. The summed E-state index contributed by atoms with van der Waals surface area (Å²) in [5.74, 6) is 0.585. The predicted molar refractivity (Wildman–Crippen MR) is 77.8 cm³/mol.